The summed E-state index contributed by atoms with van der Waals surface area (Å²) in [7, 11) is -3.06. The van der Waals surface area contributed by atoms with Gasteiger partial charge in [-0.05, 0) is 18.9 Å². The Balaban J connectivity index is 1.88. The molecule has 0 atom stereocenters. The van der Waals surface area contributed by atoms with Gasteiger partial charge in [-0.3, -0.25) is 0 Å². The van der Waals surface area contributed by atoms with Gasteiger partial charge < -0.3 is 4.74 Å². The van der Waals surface area contributed by atoms with Crippen molar-refractivity contribution in [1.29, 1.82) is 0 Å². The molecule has 0 radical (unpaired) electrons. The SMILES string of the molecule is CS(=O)(=O)N1CCC(Oc2ccccn2)CC1. The Bertz CT molecular complexity index is 453. The van der Waals surface area contributed by atoms with Gasteiger partial charge in [0.25, 0.3) is 0 Å². The maximum absolute atomic E-state index is 11.3. The maximum Gasteiger partial charge on any atom is 0.213 e. The van der Waals surface area contributed by atoms with E-state index in [1.54, 1.807) is 6.20 Å². The number of aromatic nitrogens is 1. The fraction of sp³-hybridized carbons (Fsp3) is 0.545. The van der Waals surface area contributed by atoms with Crippen LogP contribution in [-0.4, -0.2) is 43.2 Å². The largest absolute Gasteiger partial charge is 0.474 e. The lowest BCUT2D eigenvalue weighted by molar-refractivity contribution is 0.130. The molecule has 2 rings (SSSR count). The second-order valence-corrected chi connectivity index (χ2v) is 6.13. The molecule has 1 aromatic rings. The van der Waals surface area contributed by atoms with Gasteiger partial charge in [0.05, 0.1) is 6.26 Å². The summed E-state index contributed by atoms with van der Waals surface area (Å²) in [5, 5.41) is 0. The van der Waals surface area contributed by atoms with Crippen LogP contribution in [0.15, 0.2) is 24.4 Å². The summed E-state index contributed by atoms with van der Waals surface area (Å²) in [6.07, 6.45) is 4.41. The van der Waals surface area contributed by atoms with Crippen molar-refractivity contribution in [3.05, 3.63) is 24.4 Å². The van der Waals surface area contributed by atoms with Gasteiger partial charge in [0.2, 0.25) is 15.9 Å². The van der Waals surface area contributed by atoms with Gasteiger partial charge in [-0.1, -0.05) is 6.07 Å². The van der Waals surface area contributed by atoms with Crippen molar-refractivity contribution in [3.63, 3.8) is 0 Å². The predicted molar refractivity (Wildman–Crippen MR) is 64.3 cm³/mol. The molecule has 0 aliphatic carbocycles. The van der Waals surface area contributed by atoms with E-state index in [4.69, 9.17) is 4.74 Å². The van der Waals surface area contributed by atoms with Crippen molar-refractivity contribution in [2.45, 2.75) is 18.9 Å². The van der Waals surface area contributed by atoms with Crippen molar-refractivity contribution < 1.29 is 13.2 Å². The summed E-state index contributed by atoms with van der Waals surface area (Å²) < 4.78 is 29.8. The first-order chi connectivity index (χ1) is 8.05. The van der Waals surface area contributed by atoms with Crippen LogP contribution in [0.4, 0.5) is 0 Å². The van der Waals surface area contributed by atoms with Crippen molar-refractivity contribution in [3.8, 4) is 5.88 Å². The first kappa shape index (κ1) is 12.3. The summed E-state index contributed by atoms with van der Waals surface area (Å²) in [5.74, 6) is 0.602. The van der Waals surface area contributed by atoms with E-state index in [0.29, 0.717) is 31.8 Å². The molecule has 94 valence electrons. The Hall–Kier alpha value is -1.14. The van der Waals surface area contributed by atoms with Gasteiger partial charge in [-0.25, -0.2) is 17.7 Å². The lowest BCUT2D eigenvalue weighted by Crippen LogP contribution is -2.41. The van der Waals surface area contributed by atoms with E-state index in [0.717, 1.165) is 0 Å². The van der Waals surface area contributed by atoms with Crippen molar-refractivity contribution in [1.82, 2.24) is 9.29 Å². The van der Waals surface area contributed by atoms with Gasteiger partial charge in [0, 0.05) is 25.4 Å². The van der Waals surface area contributed by atoms with E-state index in [9.17, 15) is 8.42 Å². The van der Waals surface area contributed by atoms with E-state index < -0.39 is 10.0 Å². The topological polar surface area (TPSA) is 59.5 Å². The molecule has 1 aromatic heterocycles. The zero-order valence-electron chi connectivity index (χ0n) is 9.74. The third-order valence-corrected chi connectivity index (χ3v) is 4.10. The van der Waals surface area contributed by atoms with Crippen molar-refractivity contribution >= 4 is 10.0 Å². The molecule has 1 aliphatic heterocycles. The minimum absolute atomic E-state index is 0.0582. The Morgan fingerprint density at radius 3 is 2.59 bits per heavy atom. The van der Waals surface area contributed by atoms with Crippen molar-refractivity contribution in [2.24, 2.45) is 0 Å². The lowest BCUT2D eigenvalue weighted by Gasteiger charge is -2.30. The maximum atomic E-state index is 11.3. The Kier molecular flexibility index (Phi) is 3.63. The quantitative estimate of drug-likeness (QED) is 0.805. The number of nitrogens with zero attached hydrogens (tertiary/aromatic N) is 2. The number of pyridine rings is 1. The van der Waals surface area contributed by atoms with E-state index in [-0.39, 0.29) is 6.10 Å². The molecule has 0 aromatic carbocycles. The first-order valence-corrected chi connectivity index (χ1v) is 7.43. The van der Waals surface area contributed by atoms with E-state index >= 15 is 0 Å². The molecule has 1 saturated heterocycles. The summed E-state index contributed by atoms with van der Waals surface area (Å²) in [5.41, 5.74) is 0. The molecule has 0 bridgehead atoms. The number of rotatable bonds is 3. The highest BCUT2D eigenvalue weighted by Gasteiger charge is 2.25. The molecule has 0 saturated carbocycles. The molecule has 0 spiro atoms. The van der Waals surface area contributed by atoms with Gasteiger partial charge >= 0.3 is 0 Å². The summed E-state index contributed by atoms with van der Waals surface area (Å²) in [6, 6.07) is 5.51. The number of hydrogen-bond donors (Lipinski definition) is 0. The third kappa shape index (κ3) is 3.41. The molecular formula is C11H16N2O3S. The smallest absolute Gasteiger partial charge is 0.213 e. The van der Waals surface area contributed by atoms with Crippen LogP contribution >= 0.6 is 0 Å². The molecular weight excluding hydrogens is 240 g/mol. The lowest BCUT2D eigenvalue weighted by atomic mass is 10.1. The van der Waals surface area contributed by atoms with E-state index in [1.165, 1.54) is 10.6 Å². The minimum atomic E-state index is -3.06. The van der Waals surface area contributed by atoms with Crippen LogP contribution in [0.5, 0.6) is 5.88 Å². The normalized spacial score (nSPS) is 19.1. The third-order valence-electron chi connectivity index (χ3n) is 2.80. The van der Waals surface area contributed by atoms with Crippen LogP contribution in [0.1, 0.15) is 12.8 Å². The second kappa shape index (κ2) is 5.01. The minimum Gasteiger partial charge on any atom is -0.474 e. The molecule has 1 fully saturated rings. The summed E-state index contributed by atoms with van der Waals surface area (Å²) in [4.78, 5) is 4.09. The van der Waals surface area contributed by atoms with Crippen LogP contribution in [0.25, 0.3) is 0 Å². The average molecular weight is 256 g/mol. The number of piperidine rings is 1. The second-order valence-electron chi connectivity index (χ2n) is 4.15. The monoisotopic (exact) mass is 256 g/mol. The van der Waals surface area contributed by atoms with Gasteiger partial charge in [-0.2, -0.15) is 0 Å². The summed E-state index contributed by atoms with van der Waals surface area (Å²) in [6.45, 7) is 1.05. The predicted octanol–water partition coefficient (Wildman–Crippen LogP) is 0.884. The molecule has 0 amide bonds. The Labute approximate surface area is 101 Å². The standard InChI is InChI=1S/C11H16N2O3S/c1-17(14,15)13-8-5-10(6-9-13)16-11-4-2-3-7-12-11/h2-4,7,10H,5-6,8-9H2,1H3. The molecule has 1 aliphatic rings. The Morgan fingerprint density at radius 2 is 2.06 bits per heavy atom. The zero-order chi connectivity index (χ0) is 12.3. The molecule has 17 heavy (non-hydrogen) atoms. The zero-order valence-corrected chi connectivity index (χ0v) is 10.6. The highest BCUT2D eigenvalue weighted by atomic mass is 32.2. The molecule has 0 N–H and O–H groups in total. The molecule has 0 unspecified atom stereocenters. The van der Waals surface area contributed by atoms with Crippen LogP contribution < -0.4 is 4.74 Å². The van der Waals surface area contributed by atoms with Gasteiger partial charge in [-0.15, -0.1) is 0 Å². The summed E-state index contributed by atoms with van der Waals surface area (Å²) >= 11 is 0. The fourth-order valence-corrected chi connectivity index (χ4v) is 2.74. The Morgan fingerprint density at radius 1 is 1.35 bits per heavy atom. The van der Waals surface area contributed by atoms with Crippen LogP contribution in [-0.2, 0) is 10.0 Å². The highest BCUT2D eigenvalue weighted by Crippen LogP contribution is 2.18. The molecule has 5 nitrogen and oxygen atoms in total. The van der Waals surface area contributed by atoms with Crippen molar-refractivity contribution in [2.75, 3.05) is 19.3 Å². The molecule has 2 heterocycles. The number of sulfonamides is 1. The molecule has 6 heteroatoms. The van der Waals surface area contributed by atoms with Gasteiger partial charge in [0.1, 0.15) is 6.10 Å². The van der Waals surface area contributed by atoms with Crippen LogP contribution in [0.2, 0.25) is 0 Å². The van der Waals surface area contributed by atoms with Crippen LogP contribution in [0.3, 0.4) is 0 Å². The van der Waals surface area contributed by atoms with Crippen LogP contribution in [0, 0.1) is 0 Å². The highest BCUT2D eigenvalue weighted by molar-refractivity contribution is 7.88. The van der Waals surface area contributed by atoms with E-state index in [2.05, 4.69) is 4.98 Å². The fourth-order valence-electron chi connectivity index (χ4n) is 1.87. The number of ether oxygens (including phenoxy) is 1. The first-order valence-electron chi connectivity index (χ1n) is 5.58. The number of hydrogen-bond acceptors (Lipinski definition) is 4. The van der Waals surface area contributed by atoms with E-state index in [1.807, 2.05) is 18.2 Å². The average Bonchev–Trinajstić information content (AvgIpc) is 2.30. The van der Waals surface area contributed by atoms with Gasteiger partial charge in [0.15, 0.2) is 0 Å².